The number of hydrogen-bond donors (Lipinski definition) is 1. The van der Waals surface area contributed by atoms with Gasteiger partial charge in [0.2, 0.25) is 0 Å². The summed E-state index contributed by atoms with van der Waals surface area (Å²) in [5.41, 5.74) is 1.62. The quantitative estimate of drug-likeness (QED) is 0.696. The summed E-state index contributed by atoms with van der Waals surface area (Å²) < 4.78 is 24.5. The molecule has 152 valence electrons. The molecule has 1 aromatic heterocycles. The van der Waals surface area contributed by atoms with E-state index in [4.69, 9.17) is 9.15 Å². The molecule has 0 spiro atoms. The van der Waals surface area contributed by atoms with Crippen molar-refractivity contribution in [1.82, 2.24) is 15.2 Å². The molecule has 0 radical (unpaired) electrons. The molecule has 1 N–H and O–H groups in total. The predicted molar refractivity (Wildman–Crippen MR) is 107 cm³/mol. The van der Waals surface area contributed by atoms with Crippen molar-refractivity contribution in [2.75, 3.05) is 19.7 Å². The molecule has 2 amide bonds. The van der Waals surface area contributed by atoms with E-state index in [2.05, 4.69) is 10.3 Å². The average molecular weight is 397 g/mol. The first-order valence-electron chi connectivity index (χ1n) is 9.88. The predicted octanol–water partition coefficient (Wildman–Crippen LogP) is 4.32. The van der Waals surface area contributed by atoms with E-state index in [1.807, 2.05) is 31.2 Å². The minimum atomic E-state index is -0.308. The largest absolute Gasteiger partial charge is 0.491 e. The number of fused-ring (bicyclic) bond motifs is 1. The van der Waals surface area contributed by atoms with Crippen LogP contribution in [-0.4, -0.2) is 41.7 Å². The summed E-state index contributed by atoms with van der Waals surface area (Å²) in [6.07, 6.45) is 1.84. The lowest BCUT2D eigenvalue weighted by Gasteiger charge is -2.32. The van der Waals surface area contributed by atoms with Crippen molar-refractivity contribution >= 4 is 17.1 Å². The minimum Gasteiger partial charge on any atom is -0.491 e. The molecule has 1 fully saturated rings. The molecule has 2 atom stereocenters. The number of rotatable bonds is 5. The van der Waals surface area contributed by atoms with Crippen LogP contribution in [0.25, 0.3) is 11.1 Å². The molecule has 3 aromatic rings. The number of amides is 2. The van der Waals surface area contributed by atoms with Crippen LogP contribution in [0.4, 0.5) is 9.18 Å². The van der Waals surface area contributed by atoms with Gasteiger partial charge in [-0.15, -0.1) is 0 Å². The molecule has 4 rings (SSSR count). The standard InChI is InChI=1S/C22H24FN3O3/c1-15(14-28-18-10-8-17(23)9-11-18)24-22(27)26-12-4-5-16(13-26)21-25-19-6-2-3-7-20(19)29-21/h2-3,6-11,15-16H,4-5,12-14H2,1H3,(H,24,27). The van der Waals surface area contributed by atoms with Crippen LogP contribution in [0, 0.1) is 5.82 Å². The molecule has 7 heteroatoms. The fourth-order valence-electron chi connectivity index (χ4n) is 3.52. The summed E-state index contributed by atoms with van der Waals surface area (Å²) in [5, 5.41) is 2.97. The van der Waals surface area contributed by atoms with E-state index in [0.29, 0.717) is 31.3 Å². The van der Waals surface area contributed by atoms with Gasteiger partial charge in [-0.05, 0) is 56.2 Å². The number of carbonyl (C=O) groups excluding carboxylic acids is 1. The Balaban J connectivity index is 1.31. The van der Waals surface area contributed by atoms with Crippen molar-refractivity contribution < 1.29 is 18.3 Å². The number of urea groups is 1. The van der Waals surface area contributed by atoms with Gasteiger partial charge in [0.25, 0.3) is 0 Å². The van der Waals surface area contributed by atoms with E-state index in [1.54, 1.807) is 17.0 Å². The second kappa shape index (κ2) is 8.51. The molecule has 2 heterocycles. The first kappa shape index (κ1) is 19.2. The molecule has 6 nitrogen and oxygen atoms in total. The normalized spacial score (nSPS) is 17.9. The number of hydrogen-bond acceptors (Lipinski definition) is 4. The number of oxazole rings is 1. The minimum absolute atomic E-state index is 0.0904. The highest BCUT2D eigenvalue weighted by Crippen LogP contribution is 2.29. The van der Waals surface area contributed by atoms with Crippen molar-refractivity contribution in [3.8, 4) is 5.75 Å². The molecule has 0 aliphatic carbocycles. The second-order valence-electron chi connectivity index (χ2n) is 7.42. The highest BCUT2D eigenvalue weighted by molar-refractivity contribution is 5.75. The second-order valence-corrected chi connectivity index (χ2v) is 7.42. The lowest BCUT2D eigenvalue weighted by atomic mass is 9.98. The van der Waals surface area contributed by atoms with Gasteiger partial charge in [-0.2, -0.15) is 0 Å². The number of ether oxygens (including phenoxy) is 1. The van der Waals surface area contributed by atoms with Gasteiger partial charge in [-0.25, -0.2) is 14.2 Å². The zero-order valence-corrected chi connectivity index (χ0v) is 16.3. The Morgan fingerprint density at radius 1 is 1.31 bits per heavy atom. The Kier molecular flexibility index (Phi) is 5.64. The lowest BCUT2D eigenvalue weighted by Crippen LogP contribution is -2.48. The third-order valence-corrected chi connectivity index (χ3v) is 5.05. The first-order valence-corrected chi connectivity index (χ1v) is 9.88. The molecular weight excluding hydrogens is 373 g/mol. The topological polar surface area (TPSA) is 67.6 Å². The average Bonchev–Trinajstić information content (AvgIpc) is 3.18. The number of nitrogens with zero attached hydrogens (tertiary/aromatic N) is 2. The lowest BCUT2D eigenvalue weighted by molar-refractivity contribution is 0.167. The van der Waals surface area contributed by atoms with Gasteiger partial charge in [0.05, 0.1) is 12.0 Å². The highest BCUT2D eigenvalue weighted by atomic mass is 19.1. The number of halogens is 1. The van der Waals surface area contributed by atoms with Crippen LogP contribution < -0.4 is 10.1 Å². The van der Waals surface area contributed by atoms with Crippen LogP contribution in [0.15, 0.2) is 52.9 Å². The highest BCUT2D eigenvalue weighted by Gasteiger charge is 2.28. The van der Waals surface area contributed by atoms with Crippen molar-refractivity contribution in [2.45, 2.75) is 31.7 Å². The van der Waals surface area contributed by atoms with Gasteiger partial charge in [-0.1, -0.05) is 12.1 Å². The zero-order valence-electron chi connectivity index (χ0n) is 16.3. The number of piperidine rings is 1. The van der Waals surface area contributed by atoms with Gasteiger partial charge in [0, 0.05) is 13.1 Å². The molecule has 2 aromatic carbocycles. The zero-order chi connectivity index (χ0) is 20.2. The summed E-state index contributed by atoms with van der Waals surface area (Å²) in [7, 11) is 0. The van der Waals surface area contributed by atoms with Crippen LogP contribution in [-0.2, 0) is 0 Å². The first-order chi connectivity index (χ1) is 14.1. The van der Waals surface area contributed by atoms with Crippen molar-refractivity contribution in [2.24, 2.45) is 0 Å². The number of para-hydroxylation sites is 2. The maximum absolute atomic E-state index is 12.9. The summed E-state index contributed by atoms with van der Waals surface area (Å²) in [6, 6.07) is 13.2. The molecule has 1 saturated heterocycles. The maximum Gasteiger partial charge on any atom is 0.317 e. The fourth-order valence-corrected chi connectivity index (χ4v) is 3.52. The molecule has 29 heavy (non-hydrogen) atoms. The summed E-state index contributed by atoms with van der Waals surface area (Å²) in [6.45, 7) is 3.46. The van der Waals surface area contributed by atoms with E-state index in [9.17, 15) is 9.18 Å². The number of aromatic nitrogens is 1. The monoisotopic (exact) mass is 397 g/mol. The van der Waals surface area contributed by atoms with E-state index in [0.717, 1.165) is 23.9 Å². The van der Waals surface area contributed by atoms with Gasteiger partial charge in [0.15, 0.2) is 11.5 Å². The van der Waals surface area contributed by atoms with E-state index in [-0.39, 0.29) is 23.8 Å². The summed E-state index contributed by atoms with van der Waals surface area (Å²) in [4.78, 5) is 19.1. The fraction of sp³-hybridized carbons (Fsp3) is 0.364. The number of likely N-dealkylation sites (tertiary alicyclic amines) is 1. The molecule has 0 saturated carbocycles. The number of benzene rings is 2. The third-order valence-electron chi connectivity index (χ3n) is 5.05. The molecule has 0 bridgehead atoms. The Morgan fingerprint density at radius 3 is 2.90 bits per heavy atom. The van der Waals surface area contributed by atoms with Crippen LogP contribution in [0.2, 0.25) is 0 Å². The Labute approximate surface area is 168 Å². The maximum atomic E-state index is 12.9. The van der Waals surface area contributed by atoms with Crippen LogP contribution >= 0.6 is 0 Å². The van der Waals surface area contributed by atoms with Crippen molar-refractivity contribution in [3.05, 3.63) is 60.2 Å². The molecule has 1 aliphatic heterocycles. The van der Waals surface area contributed by atoms with E-state index < -0.39 is 0 Å². The van der Waals surface area contributed by atoms with Gasteiger partial charge >= 0.3 is 6.03 Å². The Hall–Kier alpha value is -3.09. The van der Waals surface area contributed by atoms with E-state index in [1.165, 1.54) is 12.1 Å². The Morgan fingerprint density at radius 2 is 2.10 bits per heavy atom. The van der Waals surface area contributed by atoms with Gasteiger partial charge < -0.3 is 19.4 Å². The summed E-state index contributed by atoms with van der Waals surface area (Å²) in [5.74, 6) is 1.04. The van der Waals surface area contributed by atoms with Crippen molar-refractivity contribution in [3.63, 3.8) is 0 Å². The third kappa shape index (κ3) is 4.67. The Bertz CT molecular complexity index is 940. The number of nitrogens with one attached hydrogen (secondary N) is 1. The molecular formula is C22H24FN3O3. The molecule has 1 aliphatic rings. The van der Waals surface area contributed by atoms with Crippen LogP contribution in [0.3, 0.4) is 0 Å². The van der Waals surface area contributed by atoms with Crippen LogP contribution in [0.5, 0.6) is 5.75 Å². The molecule has 2 unspecified atom stereocenters. The van der Waals surface area contributed by atoms with E-state index >= 15 is 0 Å². The number of carbonyl (C=O) groups is 1. The summed E-state index contributed by atoms with van der Waals surface area (Å²) >= 11 is 0. The smallest absolute Gasteiger partial charge is 0.317 e. The van der Waals surface area contributed by atoms with Gasteiger partial charge in [-0.3, -0.25) is 0 Å². The van der Waals surface area contributed by atoms with Crippen molar-refractivity contribution in [1.29, 1.82) is 0 Å². The SMILES string of the molecule is CC(COc1ccc(F)cc1)NC(=O)N1CCCC(c2nc3ccccc3o2)C1. The van der Waals surface area contributed by atoms with Gasteiger partial charge in [0.1, 0.15) is 23.7 Å². The van der Waals surface area contributed by atoms with Crippen LogP contribution in [0.1, 0.15) is 31.6 Å².